The second-order valence-corrected chi connectivity index (χ2v) is 10.7. The predicted octanol–water partition coefficient (Wildman–Crippen LogP) is 4.96. The molecule has 2 aliphatic heterocycles. The van der Waals surface area contributed by atoms with Crippen molar-refractivity contribution in [3.8, 4) is 0 Å². The Hall–Kier alpha value is -2.15. The summed E-state index contributed by atoms with van der Waals surface area (Å²) in [6.07, 6.45) is 0.919. The lowest BCUT2D eigenvalue weighted by molar-refractivity contribution is -0.116. The molecule has 1 saturated heterocycles. The Morgan fingerprint density at radius 1 is 1.16 bits per heavy atom. The lowest BCUT2D eigenvalue weighted by Crippen LogP contribution is -2.47. The van der Waals surface area contributed by atoms with Gasteiger partial charge < -0.3 is 9.80 Å². The van der Waals surface area contributed by atoms with Crippen molar-refractivity contribution in [2.24, 2.45) is 0 Å². The van der Waals surface area contributed by atoms with Crippen LogP contribution in [0.2, 0.25) is 5.02 Å². The Morgan fingerprint density at radius 3 is 2.66 bits per heavy atom. The molecule has 1 aromatic heterocycles. The van der Waals surface area contributed by atoms with Gasteiger partial charge in [-0.15, -0.1) is 0 Å². The van der Waals surface area contributed by atoms with E-state index in [0.717, 1.165) is 55.7 Å². The van der Waals surface area contributed by atoms with Crippen molar-refractivity contribution in [3.05, 3.63) is 52.5 Å². The third-order valence-corrected chi connectivity index (χ3v) is 8.01. The summed E-state index contributed by atoms with van der Waals surface area (Å²) in [5, 5.41) is 2.03. The van der Waals surface area contributed by atoms with Gasteiger partial charge in [0.05, 0.1) is 4.70 Å². The highest BCUT2D eigenvalue weighted by atomic mass is 35.5. The topological polar surface area (TPSA) is 39.7 Å². The number of hydrogen-bond acceptors (Lipinski definition) is 5. The highest BCUT2D eigenvalue weighted by molar-refractivity contribution is 7.13. The molecule has 2 aromatic carbocycles. The number of halogens is 1. The van der Waals surface area contributed by atoms with Gasteiger partial charge in [0.2, 0.25) is 5.91 Å². The second-order valence-electron chi connectivity index (χ2n) is 9.53. The molecule has 0 spiro atoms. The molecule has 0 N–H and O–H groups in total. The minimum absolute atomic E-state index is 0.0533. The quantitative estimate of drug-likeness (QED) is 0.542. The highest BCUT2D eigenvalue weighted by Crippen LogP contribution is 2.43. The van der Waals surface area contributed by atoms with Crippen molar-refractivity contribution in [3.63, 3.8) is 0 Å². The minimum atomic E-state index is -0.0533. The third-order valence-electron chi connectivity index (χ3n) is 6.85. The maximum Gasteiger partial charge on any atom is 0.223 e. The molecule has 7 heteroatoms. The summed E-state index contributed by atoms with van der Waals surface area (Å²) in [5.41, 5.74) is 3.33. The first-order valence-corrected chi connectivity index (χ1v) is 12.4. The van der Waals surface area contributed by atoms with Gasteiger partial charge in [0.15, 0.2) is 0 Å². The number of rotatable bonds is 4. The Bertz CT molecular complexity index is 1170. The van der Waals surface area contributed by atoms with E-state index >= 15 is 0 Å². The largest absolute Gasteiger partial charge is 0.353 e. The number of aromatic nitrogens is 1. The average molecular weight is 469 g/mol. The van der Waals surface area contributed by atoms with E-state index in [1.165, 1.54) is 21.2 Å². The monoisotopic (exact) mass is 468 g/mol. The lowest BCUT2D eigenvalue weighted by Gasteiger charge is -2.35. The van der Waals surface area contributed by atoms with Gasteiger partial charge >= 0.3 is 0 Å². The maximum absolute atomic E-state index is 12.1. The zero-order valence-electron chi connectivity index (χ0n) is 18.9. The Kier molecular flexibility index (Phi) is 5.64. The normalized spacial score (nSPS) is 18.4. The molecular formula is C25H29ClN4OS. The summed E-state index contributed by atoms with van der Waals surface area (Å²) in [7, 11) is 0. The summed E-state index contributed by atoms with van der Waals surface area (Å²) in [4.78, 5) is 18.9. The smallest absolute Gasteiger partial charge is 0.223 e. The van der Waals surface area contributed by atoms with E-state index in [1.54, 1.807) is 18.5 Å². The van der Waals surface area contributed by atoms with Crippen LogP contribution < -0.4 is 9.80 Å². The van der Waals surface area contributed by atoms with Crippen molar-refractivity contribution < 1.29 is 4.79 Å². The lowest BCUT2D eigenvalue weighted by atomic mass is 9.86. The number of anilines is 2. The summed E-state index contributed by atoms with van der Waals surface area (Å²) in [5.74, 6) is 1.20. The van der Waals surface area contributed by atoms with Gasteiger partial charge in [-0.1, -0.05) is 43.6 Å². The van der Waals surface area contributed by atoms with Crippen molar-refractivity contribution in [1.82, 2.24) is 9.27 Å². The third kappa shape index (κ3) is 3.89. The van der Waals surface area contributed by atoms with Gasteiger partial charge in [-0.05, 0) is 47.3 Å². The average Bonchev–Trinajstić information content (AvgIpc) is 3.31. The first-order valence-electron chi connectivity index (χ1n) is 11.3. The fourth-order valence-corrected chi connectivity index (χ4v) is 6.02. The van der Waals surface area contributed by atoms with Gasteiger partial charge in [0, 0.05) is 67.7 Å². The standard InChI is InChI=1S/C25H29ClN4OS/c1-17(31)30-16-25(2,3)20-14-18(21(26)15-22(20)30)8-9-28-10-12-29(13-11-28)24-19-6-4-5-7-23(19)32-27-24/h4-7,14-15H,8-13,16H2,1-3H3. The van der Waals surface area contributed by atoms with Crippen LogP contribution in [0.4, 0.5) is 11.5 Å². The molecule has 0 unspecified atom stereocenters. The summed E-state index contributed by atoms with van der Waals surface area (Å²) in [6.45, 7) is 11.8. The number of amides is 1. The van der Waals surface area contributed by atoms with Gasteiger partial charge in [-0.25, -0.2) is 0 Å². The van der Waals surface area contributed by atoms with E-state index in [9.17, 15) is 4.79 Å². The molecule has 0 radical (unpaired) electrons. The zero-order valence-corrected chi connectivity index (χ0v) is 20.5. The van der Waals surface area contributed by atoms with Crippen molar-refractivity contribution in [2.75, 3.05) is 49.1 Å². The molecule has 5 rings (SSSR count). The van der Waals surface area contributed by atoms with Crippen molar-refractivity contribution >= 4 is 50.6 Å². The maximum atomic E-state index is 12.1. The van der Waals surface area contributed by atoms with E-state index < -0.39 is 0 Å². The van der Waals surface area contributed by atoms with E-state index in [2.05, 4.69) is 54.0 Å². The molecule has 2 aliphatic rings. The minimum Gasteiger partial charge on any atom is -0.353 e. The first-order chi connectivity index (χ1) is 15.3. The molecule has 1 amide bonds. The molecule has 5 nitrogen and oxygen atoms in total. The predicted molar refractivity (Wildman–Crippen MR) is 134 cm³/mol. The summed E-state index contributed by atoms with van der Waals surface area (Å²) in [6, 6.07) is 12.7. The van der Waals surface area contributed by atoms with E-state index in [-0.39, 0.29) is 11.3 Å². The number of benzene rings is 2. The summed E-state index contributed by atoms with van der Waals surface area (Å²) < 4.78 is 5.97. The number of carbonyl (C=O) groups is 1. The van der Waals surface area contributed by atoms with Gasteiger partial charge in [-0.3, -0.25) is 9.69 Å². The van der Waals surface area contributed by atoms with Gasteiger partial charge in [0.1, 0.15) is 5.82 Å². The van der Waals surface area contributed by atoms with Crippen molar-refractivity contribution in [2.45, 2.75) is 32.6 Å². The van der Waals surface area contributed by atoms with E-state index in [4.69, 9.17) is 16.0 Å². The molecule has 0 saturated carbocycles. The van der Waals surface area contributed by atoms with E-state index in [0.29, 0.717) is 6.54 Å². The van der Waals surface area contributed by atoms with Crippen LogP contribution in [0.1, 0.15) is 31.9 Å². The molecule has 3 aromatic rings. The van der Waals surface area contributed by atoms with Crippen LogP contribution in [0.3, 0.4) is 0 Å². The molecule has 168 valence electrons. The van der Waals surface area contributed by atoms with Crippen LogP contribution in [0.25, 0.3) is 10.1 Å². The van der Waals surface area contributed by atoms with E-state index in [1.807, 2.05) is 11.0 Å². The van der Waals surface area contributed by atoms with Crippen LogP contribution in [-0.2, 0) is 16.6 Å². The number of carbonyl (C=O) groups excluding carboxylic acids is 1. The SMILES string of the molecule is CC(=O)N1CC(C)(C)c2cc(CCN3CCN(c4nsc5ccccc45)CC3)c(Cl)cc21. The Morgan fingerprint density at radius 2 is 1.91 bits per heavy atom. The van der Waals surface area contributed by atoms with Gasteiger partial charge in [0.25, 0.3) is 0 Å². The number of piperazine rings is 1. The van der Waals surface area contributed by atoms with Crippen LogP contribution in [0.15, 0.2) is 36.4 Å². The molecule has 0 atom stereocenters. The fourth-order valence-electron chi connectivity index (χ4n) is 4.97. The van der Waals surface area contributed by atoms with Crippen molar-refractivity contribution in [1.29, 1.82) is 0 Å². The Labute approximate surface area is 198 Å². The Balaban J connectivity index is 1.24. The summed E-state index contributed by atoms with van der Waals surface area (Å²) >= 11 is 8.25. The van der Waals surface area contributed by atoms with Crippen LogP contribution >= 0.6 is 23.1 Å². The molecule has 3 heterocycles. The molecule has 1 fully saturated rings. The highest BCUT2D eigenvalue weighted by Gasteiger charge is 2.37. The number of nitrogens with zero attached hydrogens (tertiary/aromatic N) is 4. The van der Waals surface area contributed by atoms with Crippen LogP contribution in [0, 0.1) is 0 Å². The molecular weight excluding hydrogens is 440 g/mol. The number of hydrogen-bond donors (Lipinski definition) is 0. The van der Waals surface area contributed by atoms with Crippen LogP contribution in [-0.4, -0.2) is 54.4 Å². The zero-order chi connectivity index (χ0) is 22.5. The van der Waals surface area contributed by atoms with Crippen LogP contribution in [0.5, 0.6) is 0 Å². The second kappa shape index (κ2) is 8.32. The van der Waals surface area contributed by atoms with Gasteiger partial charge in [-0.2, -0.15) is 4.37 Å². The number of fused-ring (bicyclic) bond motifs is 2. The molecule has 0 bridgehead atoms. The molecule has 0 aliphatic carbocycles. The molecule has 32 heavy (non-hydrogen) atoms. The first kappa shape index (κ1) is 21.7. The fraction of sp³-hybridized carbons (Fsp3) is 0.440.